The molecule has 19 heavy (non-hydrogen) atoms. The second kappa shape index (κ2) is 6.82. The fourth-order valence-electron chi connectivity index (χ4n) is 2.33. The molecule has 5 heteroatoms. The van der Waals surface area contributed by atoms with Crippen molar-refractivity contribution in [2.45, 2.75) is 30.2 Å². The zero-order valence-electron chi connectivity index (χ0n) is 11.1. The van der Waals surface area contributed by atoms with Crippen molar-refractivity contribution in [1.82, 2.24) is 0 Å². The maximum atomic E-state index is 6.29. The molecule has 1 aromatic carbocycles. The summed E-state index contributed by atoms with van der Waals surface area (Å²) in [6, 6.07) is 3.83. The molecule has 1 fully saturated rings. The van der Waals surface area contributed by atoms with Gasteiger partial charge in [0.15, 0.2) is 0 Å². The van der Waals surface area contributed by atoms with Gasteiger partial charge in [-0.1, -0.05) is 33.6 Å². The molecule has 3 nitrogen and oxygen atoms in total. The second-order valence-corrected chi connectivity index (χ2v) is 5.88. The number of benzene rings is 1. The molecule has 0 bridgehead atoms. The summed E-state index contributed by atoms with van der Waals surface area (Å²) in [6.45, 7) is 0.818. The van der Waals surface area contributed by atoms with Crippen LogP contribution in [-0.4, -0.2) is 26.9 Å². The fraction of sp³-hybridized carbons (Fsp3) is 0.571. The van der Waals surface area contributed by atoms with Crippen molar-refractivity contribution < 1.29 is 14.2 Å². The number of hydrogen-bond acceptors (Lipinski definition) is 3. The van der Waals surface area contributed by atoms with E-state index in [9.17, 15) is 0 Å². The van der Waals surface area contributed by atoms with Crippen molar-refractivity contribution in [2.24, 2.45) is 0 Å². The lowest BCUT2D eigenvalue weighted by Crippen LogP contribution is -2.23. The third-order valence-electron chi connectivity index (χ3n) is 3.35. The van der Waals surface area contributed by atoms with Crippen molar-refractivity contribution in [2.75, 3.05) is 20.8 Å². The first-order chi connectivity index (χ1) is 9.19. The molecule has 106 valence electrons. The number of rotatable bonds is 4. The zero-order valence-corrected chi connectivity index (χ0v) is 13.5. The van der Waals surface area contributed by atoms with Crippen molar-refractivity contribution >= 4 is 27.5 Å². The topological polar surface area (TPSA) is 27.7 Å². The van der Waals surface area contributed by atoms with Gasteiger partial charge in [-0.3, -0.25) is 0 Å². The van der Waals surface area contributed by atoms with E-state index in [1.807, 2.05) is 12.1 Å². The van der Waals surface area contributed by atoms with Crippen LogP contribution in [0.25, 0.3) is 0 Å². The first-order valence-corrected chi connectivity index (χ1v) is 7.64. The van der Waals surface area contributed by atoms with E-state index in [1.165, 1.54) is 6.42 Å². The molecule has 2 rings (SSSR count). The number of halogens is 2. The van der Waals surface area contributed by atoms with Crippen molar-refractivity contribution in [3.05, 3.63) is 22.7 Å². The van der Waals surface area contributed by atoms with Gasteiger partial charge in [0.25, 0.3) is 0 Å². The first kappa shape index (κ1) is 14.9. The van der Waals surface area contributed by atoms with Gasteiger partial charge in [0, 0.05) is 12.2 Å². The van der Waals surface area contributed by atoms with Crippen molar-refractivity contribution in [3.63, 3.8) is 0 Å². The number of alkyl halides is 1. The minimum Gasteiger partial charge on any atom is -0.495 e. The summed E-state index contributed by atoms with van der Waals surface area (Å²) in [5, 5.41) is 0.503. The molecule has 2 atom stereocenters. The molecule has 0 aromatic heterocycles. The lowest BCUT2D eigenvalue weighted by Gasteiger charge is -2.28. The highest BCUT2D eigenvalue weighted by molar-refractivity contribution is 9.09. The lowest BCUT2D eigenvalue weighted by molar-refractivity contribution is 0.0157. The number of ether oxygens (including phenoxy) is 3. The van der Waals surface area contributed by atoms with Crippen LogP contribution in [-0.2, 0) is 4.74 Å². The molecule has 1 aliphatic rings. The van der Waals surface area contributed by atoms with Gasteiger partial charge in [0.2, 0.25) is 0 Å². The summed E-state index contributed by atoms with van der Waals surface area (Å²) >= 11 is 10.0. The fourth-order valence-corrected chi connectivity index (χ4v) is 3.44. The largest absolute Gasteiger partial charge is 0.495 e. The van der Waals surface area contributed by atoms with Crippen LogP contribution in [0.2, 0.25) is 5.02 Å². The third kappa shape index (κ3) is 3.18. The molecule has 0 aliphatic carbocycles. The Kier molecular flexibility index (Phi) is 5.37. The van der Waals surface area contributed by atoms with Crippen LogP contribution in [0, 0.1) is 0 Å². The molecule has 2 unspecified atom stereocenters. The molecule has 0 radical (unpaired) electrons. The number of methoxy groups -OCH3 is 2. The molecule has 0 saturated carbocycles. The predicted molar refractivity (Wildman–Crippen MR) is 79.8 cm³/mol. The van der Waals surface area contributed by atoms with Gasteiger partial charge >= 0.3 is 0 Å². The van der Waals surface area contributed by atoms with E-state index in [4.69, 9.17) is 25.8 Å². The Hall–Kier alpha value is -0.450. The first-order valence-electron chi connectivity index (χ1n) is 6.35. The Morgan fingerprint density at radius 1 is 1.32 bits per heavy atom. The predicted octanol–water partition coefficient (Wildman–Crippen LogP) is 4.36. The molecule has 0 N–H and O–H groups in total. The van der Waals surface area contributed by atoms with E-state index in [2.05, 4.69) is 15.9 Å². The van der Waals surface area contributed by atoms with Crippen LogP contribution in [0.5, 0.6) is 11.5 Å². The quantitative estimate of drug-likeness (QED) is 0.756. The molecule has 1 aliphatic heterocycles. The smallest absolute Gasteiger partial charge is 0.145 e. The zero-order chi connectivity index (χ0) is 13.8. The molecule has 0 amide bonds. The monoisotopic (exact) mass is 348 g/mol. The van der Waals surface area contributed by atoms with Crippen LogP contribution < -0.4 is 9.47 Å². The van der Waals surface area contributed by atoms with Crippen LogP contribution in [0.15, 0.2) is 12.1 Å². The Morgan fingerprint density at radius 3 is 2.68 bits per heavy atom. The SMILES string of the molecule is COc1ccc(C(Br)C2CCCCO2)c(OC)c1Cl. The van der Waals surface area contributed by atoms with Gasteiger partial charge in [-0.25, -0.2) is 0 Å². The highest BCUT2D eigenvalue weighted by Crippen LogP contribution is 2.44. The van der Waals surface area contributed by atoms with Gasteiger partial charge in [-0.15, -0.1) is 0 Å². The summed E-state index contributed by atoms with van der Waals surface area (Å²) in [7, 11) is 3.21. The summed E-state index contributed by atoms with van der Waals surface area (Å²) in [5.74, 6) is 1.27. The van der Waals surface area contributed by atoms with Crippen LogP contribution in [0.3, 0.4) is 0 Å². The van der Waals surface area contributed by atoms with Gasteiger partial charge in [-0.05, 0) is 25.3 Å². The van der Waals surface area contributed by atoms with E-state index in [-0.39, 0.29) is 10.9 Å². The molecule has 1 heterocycles. The molecule has 0 spiro atoms. The summed E-state index contributed by atoms with van der Waals surface area (Å²) in [5.41, 5.74) is 1.00. The third-order valence-corrected chi connectivity index (χ3v) is 4.80. The van der Waals surface area contributed by atoms with Gasteiger partial charge in [0.1, 0.15) is 16.5 Å². The highest BCUT2D eigenvalue weighted by Gasteiger charge is 2.27. The van der Waals surface area contributed by atoms with Gasteiger partial charge < -0.3 is 14.2 Å². The van der Waals surface area contributed by atoms with E-state index in [1.54, 1.807) is 14.2 Å². The maximum Gasteiger partial charge on any atom is 0.145 e. The van der Waals surface area contributed by atoms with Crippen LogP contribution >= 0.6 is 27.5 Å². The molecular weight excluding hydrogens is 332 g/mol. The van der Waals surface area contributed by atoms with E-state index in [0.29, 0.717) is 16.5 Å². The van der Waals surface area contributed by atoms with Crippen LogP contribution in [0.1, 0.15) is 29.7 Å². The van der Waals surface area contributed by atoms with E-state index >= 15 is 0 Å². The summed E-state index contributed by atoms with van der Waals surface area (Å²) in [4.78, 5) is 0.0751. The maximum absolute atomic E-state index is 6.29. The molecule has 1 aromatic rings. The van der Waals surface area contributed by atoms with Gasteiger partial charge in [0.05, 0.1) is 25.2 Å². The Labute approximate surface area is 127 Å². The number of hydrogen-bond donors (Lipinski definition) is 0. The molecular formula is C14H18BrClO3. The minimum atomic E-state index is 0.0751. The average Bonchev–Trinajstić information content (AvgIpc) is 2.47. The minimum absolute atomic E-state index is 0.0751. The summed E-state index contributed by atoms with van der Waals surface area (Å²) in [6.07, 6.45) is 3.53. The Morgan fingerprint density at radius 2 is 2.11 bits per heavy atom. The van der Waals surface area contributed by atoms with Crippen molar-refractivity contribution in [3.8, 4) is 11.5 Å². The van der Waals surface area contributed by atoms with E-state index < -0.39 is 0 Å². The normalized spacial score (nSPS) is 20.9. The highest BCUT2D eigenvalue weighted by atomic mass is 79.9. The molecule has 1 saturated heterocycles. The Balaban J connectivity index is 2.30. The Bertz CT molecular complexity index is 433. The van der Waals surface area contributed by atoms with Crippen molar-refractivity contribution in [1.29, 1.82) is 0 Å². The average molecular weight is 350 g/mol. The van der Waals surface area contributed by atoms with E-state index in [0.717, 1.165) is 25.0 Å². The standard InChI is InChI=1S/C14H18BrClO3/c1-17-11-7-6-9(14(18-2)13(11)16)12(15)10-5-3-4-8-19-10/h6-7,10,12H,3-5,8H2,1-2H3. The lowest BCUT2D eigenvalue weighted by atomic mass is 10.00. The second-order valence-electron chi connectivity index (χ2n) is 4.51. The van der Waals surface area contributed by atoms with Crippen LogP contribution in [0.4, 0.5) is 0 Å². The van der Waals surface area contributed by atoms with Gasteiger partial charge in [-0.2, -0.15) is 0 Å². The summed E-state index contributed by atoms with van der Waals surface area (Å²) < 4.78 is 16.5.